The second-order valence-corrected chi connectivity index (χ2v) is 3.48. The minimum absolute atomic E-state index is 0.122. The molecule has 0 bridgehead atoms. The zero-order valence-electron chi connectivity index (χ0n) is 7.25. The van der Waals surface area contributed by atoms with Crippen molar-refractivity contribution in [1.29, 1.82) is 0 Å². The summed E-state index contributed by atoms with van der Waals surface area (Å²) in [4.78, 5) is 15.3. The van der Waals surface area contributed by atoms with E-state index in [1.165, 1.54) is 11.3 Å². The monoisotopic (exact) mass is 208 g/mol. The standard InChI is InChI=1S/C8H8N4OS/c13-7(6-12-4-1-2-10-12)11-8-9-3-5-14-8/h1-5H,6H2,(H,9,11,13). The SMILES string of the molecule is O=C(Cn1cccn1)Nc1nccs1. The van der Waals surface area contributed by atoms with Crippen LogP contribution in [0.25, 0.3) is 0 Å². The highest BCUT2D eigenvalue weighted by Crippen LogP contribution is 2.09. The Kier molecular flexibility index (Phi) is 2.55. The Balaban J connectivity index is 1.91. The molecular weight excluding hydrogens is 200 g/mol. The van der Waals surface area contributed by atoms with Crippen molar-refractivity contribution < 1.29 is 4.79 Å². The molecule has 2 aromatic heterocycles. The van der Waals surface area contributed by atoms with Gasteiger partial charge in [-0.2, -0.15) is 5.10 Å². The molecule has 0 aliphatic rings. The van der Waals surface area contributed by atoms with Gasteiger partial charge in [0.25, 0.3) is 0 Å². The summed E-state index contributed by atoms with van der Waals surface area (Å²) in [6, 6.07) is 1.77. The van der Waals surface area contributed by atoms with Crippen molar-refractivity contribution in [2.75, 3.05) is 5.32 Å². The maximum Gasteiger partial charge on any atom is 0.247 e. The van der Waals surface area contributed by atoms with Crippen LogP contribution in [-0.2, 0) is 11.3 Å². The maximum atomic E-state index is 11.4. The molecule has 6 heteroatoms. The highest BCUT2D eigenvalue weighted by atomic mass is 32.1. The van der Waals surface area contributed by atoms with E-state index in [4.69, 9.17) is 0 Å². The van der Waals surface area contributed by atoms with E-state index >= 15 is 0 Å². The quantitative estimate of drug-likeness (QED) is 0.817. The number of thiazole rings is 1. The van der Waals surface area contributed by atoms with Crippen molar-refractivity contribution in [2.24, 2.45) is 0 Å². The van der Waals surface area contributed by atoms with Crippen molar-refractivity contribution in [2.45, 2.75) is 6.54 Å². The molecule has 0 spiro atoms. The van der Waals surface area contributed by atoms with Gasteiger partial charge in [-0.15, -0.1) is 11.3 Å². The largest absolute Gasteiger partial charge is 0.300 e. The summed E-state index contributed by atoms with van der Waals surface area (Å²) < 4.78 is 1.56. The van der Waals surface area contributed by atoms with Gasteiger partial charge in [0.15, 0.2) is 5.13 Å². The number of hydrogen-bond donors (Lipinski definition) is 1. The Bertz CT molecular complexity index is 357. The van der Waals surface area contributed by atoms with Gasteiger partial charge in [0.2, 0.25) is 5.91 Å². The smallest absolute Gasteiger partial charge is 0.247 e. The van der Waals surface area contributed by atoms with Crippen molar-refractivity contribution in [1.82, 2.24) is 14.8 Å². The molecule has 0 atom stereocenters. The maximum absolute atomic E-state index is 11.4. The molecule has 0 saturated carbocycles. The molecule has 0 saturated heterocycles. The van der Waals surface area contributed by atoms with Crippen LogP contribution in [-0.4, -0.2) is 20.7 Å². The van der Waals surface area contributed by atoms with Crippen LogP contribution in [0.15, 0.2) is 30.0 Å². The van der Waals surface area contributed by atoms with E-state index < -0.39 is 0 Å². The molecule has 2 rings (SSSR count). The number of rotatable bonds is 3. The minimum atomic E-state index is -0.122. The zero-order valence-corrected chi connectivity index (χ0v) is 8.07. The molecule has 0 fully saturated rings. The Morgan fingerprint density at radius 3 is 3.14 bits per heavy atom. The Hall–Kier alpha value is -1.69. The minimum Gasteiger partial charge on any atom is -0.300 e. The summed E-state index contributed by atoms with van der Waals surface area (Å²) in [5.41, 5.74) is 0. The Morgan fingerprint density at radius 2 is 2.50 bits per heavy atom. The lowest BCUT2D eigenvalue weighted by atomic mass is 10.6. The molecule has 1 N–H and O–H groups in total. The van der Waals surface area contributed by atoms with Gasteiger partial charge >= 0.3 is 0 Å². The first-order valence-corrected chi connectivity index (χ1v) is 4.89. The van der Waals surface area contributed by atoms with Gasteiger partial charge in [-0.1, -0.05) is 0 Å². The topological polar surface area (TPSA) is 59.8 Å². The van der Waals surface area contributed by atoms with Crippen LogP contribution in [0.5, 0.6) is 0 Å². The van der Waals surface area contributed by atoms with E-state index in [0.717, 1.165) is 0 Å². The highest BCUT2D eigenvalue weighted by molar-refractivity contribution is 7.13. The summed E-state index contributed by atoms with van der Waals surface area (Å²) in [7, 11) is 0. The number of anilines is 1. The number of aromatic nitrogens is 3. The van der Waals surface area contributed by atoms with Crippen LogP contribution in [0.4, 0.5) is 5.13 Å². The van der Waals surface area contributed by atoms with Gasteiger partial charge in [0.1, 0.15) is 6.54 Å². The summed E-state index contributed by atoms with van der Waals surface area (Å²) in [6.07, 6.45) is 5.02. The normalized spacial score (nSPS) is 10.0. The molecule has 2 aromatic rings. The van der Waals surface area contributed by atoms with Crippen LogP contribution < -0.4 is 5.32 Å². The van der Waals surface area contributed by atoms with Crippen molar-refractivity contribution in [3.63, 3.8) is 0 Å². The predicted molar refractivity (Wildman–Crippen MR) is 53.0 cm³/mol. The van der Waals surface area contributed by atoms with Crippen LogP contribution in [0, 0.1) is 0 Å². The zero-order chi connectivity index (χ0) is 9.80. The lowest BCUT2D eigenvalue weighted by molar-refractivity contribution is -0.116. The van der Waals surface area contributed by atoms with Crippen molar-refractivity contribution in [3.05, 3.63) is 30.0 Å². The molecule has 0 aliphatic heterocycles. The van der Waals surface area contributed by atoms with Gasteiger partial charge in [-0.25, -0.2) is 4.98 Å². The molecule has 1 amide bonds. The summed E-state index contributed by atoms with van der Waals surface area (Å²) in [5, 5.41) is 9.01. The van der Waals surface area contributed by atoms with Crippen LogP contribution in [0.2, 0.25) is 0 Å². The molecule has 72 valence electrons. The lowest BCUT2D eigenvalue weighted by Gasteiger charge is -2.00. The van der Waals surface area contributed by atoms with Gasteiger partial charge in [0, 0.05) is 24.0 Å². The van der Waals surface area contributed by atoms with E-state index in [2.05, 4.69) is 15.4 Å². The summed E-state index contributed by atoms with van der Waals surface area (Å²) >= 11 is 1.39. The summed E-state index contributed by atoms with van der Waals surface area (Å²) in [5.74, 6) is -0.122. The number of hydrogen-bond acceptors (Lipinski definition) is 4. The van der Waals surface area contributed by atoms with Gasteiger partial charge in [0.05, 0.1) is 0 Å². The molecule has 2 heterocycles. The van der Waals surface area contributed by atoms with E-state index in [1.807, 2.05) is 5.38 Å². The van der Waals surface area contributed by atoms with Crippen LogP contribution in [0.1, 0.15) is 0 Å². The van der Waals surface area contributed by atoms with Gasteiger partial charge < -0.3 is 5.32 Å². The van der Waals surface area contributed by atoms with E-state index in [0.29, 0.717) is 5.13 Å². The molecule has 0 aromatic carbocycles. The van der Waals surface area contributed by atoms with E-state index in [-0.39, 0.29) is 12.5 Å². The number of nitrogens with one attached hydrogen (secondary N) is 1. The molecule has 0 aliphatic carbocycles. The molecule has 0 radical (unpaired) electrons. The van der Waals surface area contributed by atoms with E-state index in [1.54, 1.807) is 29.3 Å². The first-order chi connectivity index (χ1) is 6.84. The molecule has 14 heavy (non-hydrogen) atoms. The third kappa shape index (κ3) is 2.17. The number of amides is 1. The fraction of sp³-hybridized carbons (Fsp3) is 0.125. The second kappa shape index (κ2) is 4.01. The fourth-order valence-electron chi connectivity index (χ4n) is 0.985. The van der Waals surface area contributed by atoms with E-state index in [9.17, 15) is 4.79 Å². The van der Waals surface area contributed by atoms with Crippen LogP contribution in [0.3, 0.4) is 0 Å². The summed E-state index contributed by atoms with van der Waals surface area (Å²) in [6.45, 7) is 0.215. The van der Waals surface area contributed by atoms with Gasteiger partial charge in [-0.3, -0.25) is 9.48 Å². The lowest BCUT2D eigenvalue weighted by Crippen LogP contribution is -2.18. The predicted octanol–water partition coefficient (Wildman–Crippen LogP) is 0.978. The molecule has 0 unspecified atom stereocenters. The third-order valence-corrected chi connectivity index (χ3v) is 2.23. The Labute approximate surface area is 84.4 Å². The average molecular weight is 208 g/mol. The third-order valence-electron chi connectivity index (χ3n) is 1.54. The molecular formula is C8H8N4OS. The number of carbonyl (C=O) groups excluding carboxylic acids is 1. The average Bonchev–Trinajstić information content (AvgIpc) is 2.76. The number of nitrogens with zero attached hydrogens (tertiary/aromatic N) is 3. The van der Waals surface area contributed by atoms with Crippen molar-refractivity contribution >= 4 is 22.4 Å². The Morgan fingerprint density at radius 1 is 1.57 bits per heavy atom. The molecule has 5 nitrogen and oxygen atoms in total. The van der Waals surface area contributed by atoms with Crippen LogP contribution >= 0.6 is 11.3 Å². The fourth-order valence-corrected chi connectivity index (χ4v) is 1.53. The van der Waals surface area contributed by atoms with Gasteiger partial charge in [-0.05, 0) is 6.07 Å². The second-order valence-electron chi connectivity index (χ2n) is 2.59. The van der Waals surface area contributed by atoms with Crippen molar-refractivity contribution in [3.8, 4) is 0 Å². The first kappa shape index (κ1) is 8.89. The highest BCUT2D eigenvalue weighted by Gasteiger charge is 2.04. The first-order valence-electron chi connectivity index (χ1n) is 4.01. The number of carbonyl (C=O) groups is 1.